The van der Waals surface area contributed by atoms with Gasteiger partial charge in [-0.1, -0.05) is 51.8 Å². The third kappa shape index (κ3) is 7.61. The molecule has 0 spiro atoms. The minimum atomic E-state index is -1.21. The second-order valence-electron chi connectivity index (χ2n) is 15.6. The van der Waals surface area contributed by atoms with Crippen LogP contribution in [0.3, 0.4) is 0 Å². The highest BCUT2D eigenvalue weighted by atomic mass is 16.5. The molecule has 2 aliphatic heterocycles. The SMILES string of the molecule is COC(=O)N[C@H](C(=O)N1[C@@H](C)CC[C@H]1c1nc(-c2ccc3cc(C#Cc4c[nH]c([C@@H]5C[C@H]6C[C@H]6N5C(=O)[C@@H](NC(=O)O)C(C)C)n4)ccc3c2)c[nH]1)C(C)C. The number of amides is 4. The van der Waals surface area contributed by atoms with Crippen molar-refractivity contribution in [3.8, 4) is 23.1 Å². The van der Waals surface area contributed by atoms with E-state index in [4.69, 9.17) is 14.7 Å². The van der Waals surface area contributed by atoms with Gasteiger partial charge >= 0.3 is 12.2 Å². The summed E-state index contributed by atoms with van der Waals surface area (Å²) in [5.41, 5.74) is 3.10. The molecule has 0 bridgehead atoms. The van der Waals surface area contributed by atoms with E-state index >= 15 is 0 Å². The first-order valence-corrected chi connectivity index (χ1v) is 19.0. The molecule has 2 aromatic heterocycles. The van der Waals surface area contributed by atoms with Gasteiger partial charge in [0.25, 0.3) is 0 Å². The Morgan fingerprint density at radius 3 is 2.24 bits per heavy atom. The number of carbonyl (C=O) groups is 4. The van der Waals surface area contributed by atoms with Crippen molar-refractivity contribution in [1.82, 2.24) is 40.4 Å². The molecule has 288 valence electrons. The maximum absolute atomic E-state index is 13.7. The number of hydrogen-bond acceptors (Lipinski definition) is 7. The van der Waals surface area contributed by atoms with E-state index in [2.05, 4.69) is 38.5 Å². The summed E-state index contributed by atoms with van der Waals surface area (Å²) in [6, 6.07) is 10.2. The van der Waals surface area contributed by atoms with Crippen molar-refractivity contribution in [2.75, 3.05) is 7.11 Å². The normalized spacial score (nSPS) is 22.6. The molecule has 0 radical (unpaired) electrons. The minimum absolute atomic E-state index is 0.00840. The fraction of sp³-hybridized carbons (Fsp3) is 0.463. The van der Waals surface area contributed by atoms with Gasteiger partial charge in [0, 0.05) is 35.6 Å². The van der Waals surface area contributed by atoms with E-state index in [9.17, 15) is 24.3 Å². The molecule has 3 fully saturated rings. The molecule has 1 saturated carbocycles. The van der Waals surface area contributed by atoms with Gasteiger partial charge in [-0.05, 0) is 85.3 Å². The summed E-state index contributed by atoms with van der Waals surface area (Å²) < 4.78 is 4.78. The van der Waals surface area contributed by atoms with Crippen LogP contribution in [0.25, 0.3) is 22.0 Å². The van der Waals surface area contributed by atoms with Gasteiger partial charge in [0.05, 0.1) is 24.9 Å². The fourth-order valence-corrected chi connectivity index (χ4v) is 8.15. The maximum atomic E-state index is 13.7. The van der Waals surface area contributed by atoms with Crippen molar-refractivity contribution in [2.45, 2.75) is 96.6 Å². The number of nitrogens with zero attached hydrogens (tertiary/aromatic N) is 4. The average molecular weight is 749 g/mol. The Hall–Kier alpha value is -5.84. The summed E-state index contributed by atoms with van der Waals surface area (Å²) in [6.07, 6.45) is 5.07. The number of carboxylic acid groups (broad SMARTS) is 1. The number of methoxy groups -OCH3 is 1. The molecule has 2 aromatic carbocycles. The third-order valence-electron chi connectivity index (χ3n) is 11.2. The number of likely N-dealkylation sites (tertiary alicyclic amines) is 2. The van der Waals surface area contributed by atoms with Crippen LogP contribution < -0.4 is 10.6 Å². The number of imidazole rings is 2. The van der Waals surface area contributed by atoms with Crippen LogP contribution in [0.5, 0.6) is 0 Å². The molecule has 7 atom stereocenters. The number of fused-ring (bicyclic) bond motifs is 2. The molecule has 4 aromatic rings. The standard InChI is InChI=1S/C41H48N8O6/c1-21(2)34(46-40(52)53)39(51)49-32-17-28(32)18-33(49)37-42-19-29(44-37)13-9-24-8-10-26-16-27(12-11-25(26)15-24)30-20-43-36(45-30)31-14-7-23(5)48(31)38(50)35(22(3)4)47-41(54)55-6/h8,10-12,15-16,19-23,28,31-35,46H,7,14,17-18H2,1-6H3,(H,42,44)(H,43,45)(H,47,54)(H,52,53)/t23-,28+,31-,32+,33-,34-,35-/m0/s1. The Morgan fingerprint density at radius 2 is 1.51 bits per heavy atom. The number of ether oxygens (including phenoxy) is 1. The zero-order chi connectivity index (χ0) is 39.1. The molecule has 4 amide bonds. The summed E-state index contributed by atoms with van der Waals surface area (Å²) in [6.45, 7) is 9.49. The molecule has 55 heavy (non-hydrogen) atoms. The van der Waals surface area contributed by atoms with E-state index in [1.165, 1.54) is 7.11 Å². The van der Waals surface area contributed by atoms with Crippen molar-refractivity contribution < 1.29 is 29.0 Å². The molecule has 7 rings (SSSR count). The fourth-order valence-electron chi connectivity index (χ4n) is 8.15. The predicted octanol–water partition coefficient (Wildman–Crippen LogP) is 5.74. The summed E-state index contributed by atoms with van der Waals surface area (Å²) in [7, 11) is 1.29. The van der Waals surface area contributed by atoms with E-state index in [1.54, 1.807) is 6.20 Å². The zero-order valence-electron chi connectivity index (χ0n) is 31.9. The molecule has 2 saturated heterocycles. The molecule has 0 unspecified atom stereocenters. The second kappa shape index (κ2) is 15.1. The Bertz CT molecular complexity index is 2180. The van der Waals surface area contributed by atoms with Gasteiger partial charge in [0.2, 0.25) is 11.8 Å². The van der Waals surface area contributed by atoms with E-state index in [0.29, 0.717) is 23.3 Å². The molecular weight excluding hydrogens is 701 g/mol. The van der Waals surface area contributed by atoms with Gasteiger partial charge in [-0.3, -0.25) is 9.59 Å². The van der Waals surface area contributed by atoms with Gasteiger partial charge in [-0.2, -0.15) is 0 Å². The van der Waals surface area contributed by atoms with Crippen LogP contribution in [0, 0.1) is 29.6 Å². The van der Waals surface area contributed by atoms with Crippen LogP contribution in [0.15, 0.2) is 48.8 Å². The van der Waals surface area contributed by atoms with Crippen molar-refractivity contribution in [1.29, 1.82) is 0 Å². The van der Waals surface area contributed by atoms with Crippen molar-refractivity contribution in [2.24, 2.45) is 17.8 Å². The number of aromatic nitrogens is 4. The lowest BCUT2D eigenvalue weighted by atomic mass is 10.0. The first-order valence-electron chi connectivity index (χ1n) is 19.0. The van der Waals surface area contributed by atoms with Crippen molar-refractivity contribution in [3.63, 3.8) is 0 Å². The molecule has 4 heterocycles. The first-order chi connectivity index (χ1) is 26.3. The van der Waals surface area contributed by atoms with E-state index < -0.39 is 24.3 Å². The van der Waals surface area contributed by atoms with Gasteiger partial charge < -0.3 is 40.2 Å². The number of aromatic amines is 2. The smallest absolute Gasteiger partial charge is 0.407 e. The highest BCUT2D eigenvalue weighted by molar-refractivity contribution is 5.89. The van der Waals surface area contributed by atoms with E-state index in [1.807, 2.05) is 80.9 Å². The lowest BCUT2D eigenvalue weighted by Gasteiger charge is -2.32. The molecule has 3 aliphatic rings. The number of rotatable bonds is 9. The summed E-state index contributed by atoms with van der Waals surface area (Å²) in [5, 5.41) is 16.5. The summed E-state index contributed by atoms with van der Waals surface area (Å²) in [5.74, 6) is 7.47. The highest BCUT2D eigenvalue weighted by Gasteiger charge is 2.56. The first kappa shape index (κ1) is 37.5. The van der Waals surface area contributed by atoms with Crippen LogP contribution in [0.4, 0.5) is 9.59 Å². The maximum Gasteiger partial charge on any atom is 0.407 e. The van der Waals surface area contributed by atoms with E-state index in [0.717, 1.165) is 53.3 Å². The van der Waals surface area contributed by atoms with Crippen molar-refractivity contribution in [3.05, 3.63) is 71.7 Å². The van der Waals surface area contributed by atoms with Gasteiger partial charge in [0.15, 0.2) is 0 Å². The van der Waals surface area contributed by atoms with Crippen LogP contribution in [0.2, 0.25) is 0 Å². The topological polar surface area (TPSA) is 186 Å². The number of hydrogen-bond donors (Lipinski definition) is 5. The lowest BCUT2D eigenvalue weighted by Crippen LogP contribution is -2.52. The Balaban J connectivity index is 1.04. The van der Waals surface area contributed by atoms with Crippen molar-refractivity contribution >= 4 is 34.8 Å². The van der Waals surface area contributed by atoms with Crippen LogP contribution in [-0.4, -0.2) is 90.1 Å². The number of piperidine rings is 1. The molecule has 14 nitrogen and oxygen atoms in total. The number of nitrogens with one attached hydrogen (secondary N) is 4. The average Bonchev–Trinajstić information content (AvgIpc) is 3.63. The number of alkyl carbamates (subject to hydrolysis) is 1. The number of H-pyrrole nitrogens is 2. The summed E-state index contributed by atoms with van der Waals surface area (Å²) >= 11 is 0. The predicted molar refractivity (Wildman–Crippen MR) is 204 cm³/mol. The van der Waals surface area contributed by atoms with Crippen LogP contribution >= 0.6 is 0 Å². The third-order valence-corrected chi connectivity index (χ3v) is 11.2. The van der Waals surface area contributed by atoms with Crippen LogP contribution in [0.1, 0.15) is 95.3 Å². The minimum Gasteiger partial charge on any atom is -0.465 e. The molecule has 5 N–H and O–H groups in total. The zero-order valence-corrected chi connectivity index (χ0v) is 31.9. The Kier molecular flexibility index (Phi) is 10.3. The lowest BCUT2D eigenvalue weighted by molar-refractivity contribution is -0.137. The van der Waals surface area contributed by atoms with Crippen LogP contribution in [-0.2, 0) is 14.3 Å². The molecule has 14 heteroatoms. The number of benzene rings is 2. The van der Waals surface area contributed by atoms with Gasteiger partial charge in [0.1, 0.15) is 29.4 Å². The second-order valence-corrected chi connectivity index (χ2v) is 15.6. The molecule has 1 aliphatic carbocycles. The highest BCUT2D eigenvalue weighted by Crippen LogP contribution is 2.53. The Morgan fingerprint density at radius 1 is 0.836 bits per heavy atom. The van der Waals surface area contributed by atoms with Gasteiger partial charge in [-0.15, -0.1) is 0 Å². The Labute approximate surface area is 319 Å². The monoisotopic (exact) mass is 748 g/mol. The largest absolute Gasteiger partial charge is 0.465 e. The summed E-state index contributed by atoms with van der Waals surface area (Å²) in [4.78, 5) is 70.6. The molecular formula is C41H48N8O6. The van der Waals surface area contributed by atoms with E-state index in [-0.39, 0.29) is 47.8 Å². The van der Waals surface area contributed by atoms with Gasteiger partial charge in [-0.25, -0.2) is 19.6 Å². The quantitative estimate of drug-likeness (QED) is 0.134. The number of carbonyl (C=O) groups excluding carboxylic acids is 3.